The Morgan fingerprint density at radius 1 is 1.12 bits per heavy atom. The summed E-state index contributed by atoms with van der Waals surface area (Å²) in [7, 11) is 0. The molecule has 4 aliphatic carbocycles. The standard InChI is InChI=1S/C16H18O/c17-15-13-7-11-6-12(8-13)10-16(15,9-11)14-4-2-1-3-5-14/h1-5,11-13H,6-10H2/i2D. The highest BCUT2D eigenvalue weighted by Crippen LogP contribution is 2.58. The molecule has 0 N–H and O–H groups in total. The maximum atomic E-state index is 12.7. The van der Waals surface area contributed by atoms with Crippen molar-refractivity contribution in [1.29, 1.82) is 0 Å². The molecule has 0 spiro atoms. The number of hydrogen-bond donors (Lipinski definition) is 0. The van der Waals surface area contributed by atoms with Crippen molar-refractivity contribution in [3.63, 3.8) is 0 Å². The third-order valence-corrected chi connectivity index (χ3v) is 5.28. The van der Waals surface area contributed by atoms with Gasteiger partial charge >= 0.3 is 0 Å². The zero-order chi connectivity index (χ0) is 12.3. The minimum absolute atomic E-state index is 0.216. The smallest absolute Gasteiger partial charge is 0.146 e. The van der Waals surface area contributed by atoms with Gasteiger partial charge in [-0.3, -0.25) is 4.79 Å². The van der Waals surface area contributed by atoms with Gasteiger partial charge in [0.25, 0.3) is 0 Å². The molecule has 0 radical (unpaired) electrons. The van der Waals surface area contributed by atoms with Crippen LogP contribution in [-0.2, 0) is 10.2 Å². The molecular weight excluding hydrogens is 208 g/mol. The molecule has 5 rings (SSSR count). The van der Waals surface area contributed by atoms with Crippen molar-refractivity contribution in [3.8, 4) is 0 Å². The normalized spacial score (nSPS) is 43.9. The first kappa shape index (κ1) is 8.91. The summed E-state index contributed by atoms with van der Waals surface area (Å²) in [6, 6.07) is 8.27. The monoisotopic (exact) mass is 227 g/mol. The van der Waals surface area contributed by atoms with Crippen molar-refractivity contribution in [1.82, 2.24) is 0 Å². The predicted octanol–water partition coefficient (Wildman–Crippen LogP) is 3.33. The van der Waals surface area contributed by atoms with Crippen LogP contribution in [0.25, 0.3) is 0 Å². The van der Waals surface area contributed by atoms with E-state index in [9.17, 15) is 4.79 Å². The van der Waals surface area contributed by atoms with Crippen molar-refractivity contribution in [2.24, 2.45) is 17.8 Å². The molecule has 88 valence electrons. The molecule has 17 heavy (non-hydrogen) atoms. The highest BCUT2D eigenvalue weighted by atomic mass is 16.1. The van der Waals surface area contributed by atoms with Crippen molar-refractivity contribution < 1.29 is 6.17 Å². The van der Waals surface area contributed by atoms with E-state index < -0.39 is 0 Å². The minimum Gasteiger partial charge on any atom is -0.298 e. The van der Waals surface area contributed by atoms with Gasteiger partial charge in [-0.15, -0.1) is 0 Å². The molecule has 4 bridgehead atoms. The van der Waals surface area contributed by atoms with E-state index in [4.69, 9.17) is 1.37 Å². The van der Waals surface area contributed by atoms with Crippen molar-refractivity contribution >= 4 is 5.78 Å². The Balaban J connectivity index is 1.84. The molecule has 0 aliphatic heterocycles. The average molecular weight is 227 g/mol. The van der Waals surface area contributed by atoms with Crippen LogP contribution in [0.5, 0.6) is 0 Å². The van der Waals surface area contributed by atoms with E-state index in [0.29, 0.717) is 17.7 Å². The zero-order valence-corrected chi connectivity index (χ0v) is 9.99. The highest BCUT2D eigenvalue weighted by Gasteiger charge is 2.57. The summed E-state index contributed by atoms with van der Waals surface area (Å²) in [4.78, 5) is 12.7. The van der Waals surface area contributed by atoms with E-state index in [1.54, 1.807) is 6.07 Å². The summed E-state index contributed by atoms with van der Waals surface area (Å²) in [5.41, 5.74) is 0.908. The SMILES string of the molecule is [2H]c1cccc(C23CC4CC(CC(C4)C2=O)C3)c1. The lowest BCUT2D eigenvalue weighted by Gasteiger charge is -2.55. The average Bonchev–Trinajstić information content (AvgIpc) is 2.35. The van der Waals surface area contributed by atoms with Gasteiger partial charge in [0, 0.05) is 5.92 Å². The van der Waals surface area contributed by atoms with Crippen LogP contribution in [0.4, 0.5) is 0 Å². The van der Waals surface area contributed by atoms with E-state index >= 15 is 0 Å². The van der Waals surface area contributed by atoms with E-state index in [-0.39, 0.29) is 5.41 Å². The maximum absolute atomic E-state index is 12.7. The molecular formula is C16H18O. The Bertz CT molecular complexity index is 508. The van der Waals surface area contributed by atoms with Gasteiger partial charge in [-0.05, 0) is 49.5 Å². The molecule has 4 aliphatic rings. The first-order valence-corrected chi connectivity index (χ1v) is 6.79. The molecule has 1 aromatic rings. The topological polar surface area (TPSA) is 17.1 Å². The summed E-state index contributed by atoms with van der Waals surface area (Å²) in [6.45, 7) is 0. The van der Waals surface area contributed by atoms with Crippen LogP contribution in [0.15, 0.2) is 30.3 Å². The first-order valence-electron chi connectivity index (χ1n) is 7.29. The summed E-state index contributed by atoms with van der Waals surface area (Å²) < 4.78 is 7.80. The second-order valence-electron chi connectivity index (χ2n) is 6.28. The van der Waals surface area contributed by atoms with Crippen LogP contribution in [0.2, 0.25) is 0 Å². The largest absolute Gasteiger partial charge is 0.298 e. The quantitative estimate of drug-likeness (QED) is 0.719. The molecule has 1 nitrogen and oxygen atoms in total. The molecule has 2 atom stereocenters. The van der Waals surface area contributed by atoms with Gasteiger partial charge in [-0.25, -0.2) is 0 Å². The number of carbonyl (C=O) groups is 1. The lowest BCUT2D eigenvalue weighted by atomic mass is 9.47. The Labute approximate surface area is 104 Å². The Morgan fingerprint density at radius 2 is 1.88 bits per heavy atom. The van der Waals surface area contributed by atoms with Crippen molar-refractivity contribution in [2.75, 3.05) is 0 Å². The van der Waals surface area contributed by atoms with E-state index in [2.05, 4.69) is 6.07 Å². The van der Waals surface area contributed by atoms with Crippen LogP contribution in [0, 0.1) is 17.8 Å². The Kier molecular flexibility index (Phi) is 1.68. The van der Waals surface area contributed by atoms with Gasteiger partial charge in [-0.1, -0.05) is 30.3 Å². The van der Waals surface area contributed by atoms with Crippen LogP contribution < -0.4 is 0 Å². The molecule has 1 aromatic carbocycles. The van der Waals surface area contributed by atoms with E-state index in [0.717, 1.165) is 43.1 Å². The molecule has 1 heteroatoms. The third kappa shape index (κ3) is 1.23. The molecule has 4 saturated carbocycles. The van der Waals surface area contributed by atoms with Crippen LogP contribution in [-0.4, -0.2) is 5.78 Å². The van der Waals surface area contributed by atoms with Gasteiger partial charge in [0.1, 0.15) is 5.78 Å². The summed E-state index contributed by atoms with van der Waals surface area (Å²) in [5, 5.41) is 0. The zero-order valence-electron chi connectivity index (χ0n) is 11.0. The second kappa shape index (κ2) is 3.22. The van der Waals surface area contributed by atoms with Crippen molar-refractivity contribution in [2.45, 2.75) is 37.5 Å². The number of Topliss-reactive ketones (excluding diaryl/α,β-unsaturated/α-hetero) is 1. The number of ketones is 1. The Morgan fingerprint density at radius 3 is 2.59 bits per heavy atom. The van der Waals surface area contributed by atoms with E-state index in [1.165, 1.54) is 6.42 Å². The van der Waals surface area contributed by atoms with Gasteiger partial charge in [0.05, 0.1) is 6.79 Å². The summed E-state index contributed by atoms with van der Waals surface area (Å²) in [6.07, 6.45) is 5.70. The van der Waals surface area contributed by atoms with Gasteiger partial charge in [0.2, 0.25) is 0 Å². The van der Waals surface area contributed by atoms with Crippen LogP contribution >= 0.6 is 0 Å². The maximum Gasteiger partial charge on any atom is 0.146 e. The minimum atomic E-state index is -0.216. The molecule has 0 amide bonds. The lowest BCUT2D eigenvalue weighted by Crippen LogP contribution is -2.55. The van der Waals surface area contributed by atoms with Crippen LogP contribution in [0.1, 0.15) is 39.0 Å². The summed E-state index contributed by atoms with van der Waals surface area (Å²) in [5.74, 6) is 2.33. The molecule has 0 heterocycles. The number of carbonyl (C=O) groups excluding carboxylic acids is 1. The number of rotatable bonds is 1. The summed E-state index contributed by atoms with van der Waals surface area (Å²) >= 11 is 0. The van der Waals surface area contributed by atoms with E-state index in [1.807, 2.05) is 12.1 Å². The number of hydrogen-bond acceptors (Lipinski definition) is 1. The lowest BCUT2D eigenvalue weighted by molar-refractivity contribution is -0.143. The number of benzene rings is 1. The van der Waals surface area contributed by atoms with Gasteiger partial charge in [-0.2, -0.15) is 0 Å². The van der Waals surface area contributed by atoms with Crippen molar-refractivity contribution in [3.05, 3.63) is 35.9 Å². The molecule has 4 fully saturated rings. The Hall–Kier alpha value is -1.11. The third-order valence-electron chi connectivity index (χ3n) is 5.28. The second-order valence-corrected chi connectivity index (χ2v) is 6.28. The fourth-order valence-corrected chi connectivity index (χ4v) is 4.84. The van der Waals surface area contributed by atoms with Gasteiger partial charge < -0.3 is 0 Å². The first-order chi connectivity index (χ1) is 8.67. The fourth-order valence-electron chi connectivity index (χ4n) is 4.84. The highest BCUT2D eigenvalue weighted by molar-refractivity contribution is 5.94. The van der Waals surface area contributed by atoms with Gasteiger partial charge in [0.15, 0.2) is 0 Å². The predicted molar refractivity (Wildman–Crippen MR) is 66.7 cm³/mol. The molecule has 2 unspecified atom stereocenters. The molecule has 0 aromatic heterocycles. The fraction of sp³-hybridized carbons (Fsp3) is 0.562. The van der Waals surface area contributed by atoms with Crippen LogP contribution in [0.3, 0.4) is 0 Å². The molecule has 0 saturated heterocycles.